The van der Waals surface area contributed by atoms with E-state index in [0.29, 0.717) is 18.8 Å². The summed E-state index contributed by atoms with van der Waals surface area (Å²) in [5.74, 6) is 0.976. The van der Waals surface area contributed by atoms with Gasteiger partial charge in [-0.25, -0.2) is 0 Å². The summed E-state index contributed by atoms with van der Waals surface area (Å²) in [6, 6.07) is 8.19. The fourth-order valence-electron chi connectivity index (χ4n) is 2.48. The molecule has 17 heavy (non-hydrogen) atoms. The van der Waals surface area contributed by atoms with E-state index in [1.54, 1.807) is 0 Å². The van der Waals surface area contributed by atoms with Crippen LogP contribution in [0.4, 0.5) is 5.69 Å². The van der Waals surface area contributed by atoms with E-state index in [2.05, 4.69) is 17.4 Å². The summed E-state index contributed by atoms with van der Waals surface area (Å²) in [6.07, 6.45) is 3.30. The Morgan fingerprint density at radius 3 is 3.12 bits per heavy atom. The van der Waals surface area contributed by atoms with Crippen molar-refractivity contribution in [1.29, 1.82) is 0 Å². The molecule has 0 fully saturated rings. The average molecular weight is 229 g/mol. The first-order valence-corrected chi connectivity index (χ1v) is 6.03. The Bertz CT molecular complexity index is 479. The topological polar surface area (TPSA) is 38.3 Å². The highest BCUT2D eigenvalue weighted by Gasteiger charge is 2.26. The van der Waals surface area contributed by atoms with Crippen LogP contribution in [0, 0.1) is 0 Å². The van der Waals surface area contributed by atoms with Crippen LogP contribution in [-0.4, -0.2) is 18.9 Å². The van der Waals surface area contributed by atoms with Gasteiger partial charge in [-0.2, -0.15) is 0 Å². The fraction of sp³-hybridized carbons (Fsp3) is 0.357. The third-order valence-corrected chi connectivity index (χ3v) is 3.35. The van der Waals surface area contributed by atoms with Gasteiger partial charge in [0.25, 0.3) is 0 Å². The molecule has 0 spiro atoms. The van der Waals surface area contributed by atoms with Crippen molar-refractivity contribution in [1.82, 2.24) is 0 Å². The van der Waals surface area contributed by atoms with E-state index in [4.69, 9.17) is 4.74 Å². The Morgan fingerprint density at radius 1 is 1.41 bits per heavy atom. The van der Waals surface area contributed by atoms with E-state index in [1.807, 2.05) is 18.2 Å². The molecular formula is C14H15NO2. The standard InChI is InChI=1S/C14H15NO2/c16-13(14-6-3-7-17-14)8-10-9-15-12-5-2-1-4-11(10)12/h1-2,4-6,10,15H,3,7-9H2. The van der Waals surface area contributed by atoms with Gasteiger partial charge in [-0.15, -0.1) is 0 Å². The number of carbonyl (C=O) groups excluding carboxylic acids is 1. The summed E-state index contributed by atoms with van der Waals surface area (Å²) >= 11 is 0. The molecule has 1 unspecified atom stereocenters. The first-order valence-electron chi connectivity index (χ1n) is 6.03. The lowest BCUT2D eigenvalue weighted by Gasteiger charge is -2.09. The number of anilines is 1. The zero-order valence-electron chi connectivity index (χ0n) is 9.61. The van der Waals surface area contributed by atoms with Crippen molar-refractivity contribution < 1.29 is 9.53 Å². The van der Waals surface area contributed by atoms with Crippen molar-refractivity contribution in [2.45, 2.75) is 18.8 Å². The van der Waals surface area contributed by atoms with Gasteiger partial charge >= 0.3 is 0 Å². The zero-order chi connectivity index (χ0) is 11.7. The number of carbonyl (C=O) groups is 1. The quantitative estimate of drug-likeness (QED) is 0.865. The van der Waals surface area contributed by atoms with Crippen molar-refractivity contribution in [2.24, 2.45) is 0 Å². The van der Waals surface area contributed by atoms with Gasteiger partial charge in [0.2, 0.25) is 0 Å². The molecule has 0 saturated carbocycles. The molecule has 1 atom stereocenters. The van der Waals surface area contributed by atoms with Crippen LogP contribution < -0.4 is 5.32 Å². The molecule has 1 N–H and O–H groups in total. The second-order valence-corrected chi connectivity index (χ2v) is 4.50. The first-order chi connectivity index (χ1) is 8.34. The Labute approximate surface area is 100 Å². The number of fused-ring (bicyclic) bond motifs is 1. The van der Waals surface area contributed by atoms with Crippen molar-refractivity contribution >= 4 is 11.5 Å². The van der Waals surface area contributed by atoms with Crippen molar-refractivity contribution in [3.63, 3.8) is 0 Å². The summed E-state index contributed by atoms with van der Waals surface area (Å²) in [7, 11) is 0. The van der Waals surface area contributed by atoms with Gasteiger partial charge in [0.1, 0.15) is 0 Å². The Hall–Kier alpha value is -1.77. The van der Waals surface area contributed by atoms with Crippen LogP contribution in [0.1, 0.15) is 24.3 Å². The lowest BCUT2D eigenvalue weighted by molar-refractivity contribution is -0.118. The number of nitrogens with one attached hydrogen (secondary N) is 1. The van der Waals surface area contributed by atoms with Crippen molar-refractivity contribution in [3.05, 3.63) is 41.7 Å². The molecule has 0 bridgehead atoms. The Kier molecular flexibility index (Phi) is 2.59. The largest absolute Gasteiger partial charge is 0.490 e. The zero-order valence-corrected chi connectivity index (χ0v) is 9.61. The van der Waals surface area contributed by atoms with E-state index in [-0.39, 0.29) is 11.7 Å². The van der Waals surface area contributed by atoms with Gasteiger partial charge in [0.15, 0.2) is 11.5 Å². The second-order valence-electron chi connectivity index (χ2n) is 4.50. The molecule has 2 aliphatic heterocycles. The monoisotopic (exact) mass is 229 g/mol. The highest BCUT2D eigenvalue weighted by molar-refractivity contribution is 5.94. The minimum Gasteiger partial charge on any atom is -0.490 e. The number of benzene rings is 1. The number of hydrogen-bond acceptors (Lipinski definition) is 3. The minimum atomic E-state index is 0.131. The molecule has 0 saturated heterocycles. The summed E-state index contributed by atoms with van der Waals surface area (Å²) in [5.41, 5.74) is 2.41. The van der Waals surface area contributed by atoms with Crippen LogP contribution in [0.15, 0.2) is 36.1 Å². The highest BCUT2D eigenvalue weighted by Crippen LogP contribution is 2.34. The van der Waals surface area contributed by atoms with Gasteiger partial charge < -0.3 is 10.1 Å². The lowest BCUT2D eigenvalue weighted by Crippen LogP contribution is -2.11. The maximum atomic E-state index is 12.0. The Balaban J connectivity index is 1.73. The van der Waals surface area contributed by atoms with E-state index >= 15 is 0 Å². The van der Waals surface area contributed by atoms with Gasteiger partial charge in [-0.1, -0.05) is 18.2 Å². The third kappa shape index (κ3) is 1.93. The predicted molar refractivity (Wildman–Crippen MR) is 65.9 cm³/mol. The minimum absolute atomic E-state index is 0.131. The number of ether oxygens (including phenoxy) is 1. The number of para-hydroxylation sites is 1. The summed E-state index contributed by atoms with van der Waals surface area (Å²) in [5, 5.41) is 3.33. The molecule has 88 valence electrons. The van der Waals surface area contributed by atoms with Crippen LogP contribution in [0.2, 0.25) is 0 Å². The number of Topliss-reactive ketones (excluding diaryl/α,β-unsaturated/α-hetero) is 1. The fourth-order valence-corrected chi connectivity index (χ4v) is 2.48. The predicted octanol–water partition coefficient (Wildman–Crippen LogP) is 2.46. The average Bonchev–Trinajstić information content (AvgIpc) is 2.98. The van der Waals surface area contributed by atoms with Gasteiger partial charge in [0, 0.05) is 31.0 Å². The summed E-state index contributed by atoms with van der Waals surface area (Å²) in [6.45, 7) is 1.50. The lowest BCUT2D eigenvalue weighted by atomic mass is 9.95. The molecule has 0 amide bonds. The molecule has 2 aliphatic rings. The molecule has 1 aromatic carbocycles. The number of rotatable bonds is 3. The van der Waals surface area contributed by atoms with Gasteiger partial charge in [-0.05, 0) is 17.7 Å². The van der Waals surface area contributed by atoms with Crippen molar-refractivity contribution in [2.75, 3.05) is 18.5 Å². The van der Waals surface area contributed by atoms with Gasteiger partial charge in [-0.3, -0.25) is 4.79 Å². The molecule has 2 heterocycles. The number of hydrogen-bond donors (Lipinski definition) is 1. The van der Waals surface area contributed by atoms with E-state index in [0.717, 1.165) is 18.7 Å². The first kappa shape index (κ1) is 10.4. The van der Waals surface area contributed by atoms with Crippen LogP contribution in [-0.2, 0) is 9.53 Å². The summed E-state index contributed by atoms with van der Waals surface area (Å²) < 4.78 is 5.30. The highest BCUT2D eigenvalue weighted by atomic mass is 16.5. The molecule has 3 nitrogen and oxygen atoms in total. The molecule has 1 aromatic rings. The van der Waals surface area contributed by atoms with E-state index < -0.39 is 0 Å². The molecule has 0 aromatic heterocycles. The number of allylic oxidation sites excluding steroid dienone is 1. The van der Waals surface area contributed by atoms with Crippen LogP contribution in [0.25, 0.3) is 0 Å². The summed E-state index contributed by atoms with van der Waals surface area (Å²) in [4.78, 5) is 12.0. The SMILES string of the molecule is O=C(CC1CNc2ccccc21)C1=CCCO1. The van der Waals surface area contributed by atoms with Crippen molar-refractivity contribution in [3.8, 4) is 0 Å². The van der Waals surface area contributed by atoms with Crippen LogP contribution >= 0.6 is 0 Å². The van der Waals surface area contributed by atoms with Gasteiger partial charge in [0.05, 0.1) is 6.61 Å². The molecular weight excluding hydrogens is 214 g/mol. The maximum Gasteiger partial charge on any atom is 0.197 e. The van der Waals surface area contributed by atoms with Crippen LogP contribution in [0.3, 0.4) is 0 Å². The molecule has 0 aliphatic carbocycles. The number of ketones is 1. The maximum absolute atomic E-state index is 12.0. The van der Waals surface area contributed by atoms with E-state index in [9.17, 15) is 4.79 Å². The molecule has 3 heteroatoms. The normalized spacial score (nSPS) is 21.4. The third-order valence-electron chi connectivity index (χ3n) is 3.35. The smallest absolute Gasteiger partial charge is 0.197 e. The molecule has 0 radical (unpaired) electrons. The second kappa shape index (κ2) is 4.24. The van der Waals surface area contributed by atoms with Crippen LogP contribution in [0.5, 0.6) is 0 Å². The molecule has 3 rings (SSSR count). The van der Waals surface area contributed by atoms with E-state index in [1.165, 1.54) is 5.56 Å². The Morgan fingerprint density at radius 2 is 2.29 bits per heavy atom.